The Balaban J connectivity index is 1.70. The molecular formula is C24H25ClINO5. The van der Waals surface area contributed by atoms with Crippen LogP contribution in [0.1, 0.15) is 48.2 Å². The fraction of sp³-hybridized carbons (Fsp3) is 0.375. The molecule has 2 unspecified atom stereocenters. The average Bonchev–Trinajstić information content (AvgIpc) is 3.14. The van der Waals surface area contributed by atoms with Gasteiger partial charge in [-0.3, -0.25) is 4.79 Å². The molecule has 0 spiro atoms. The Bertz CT molecular complexity index is 1050. The van der Waals surface area contributed by atoms with Gasteiger partial charge in [0.05, 0.1) is 16.6 Å². The number of aliphatic imine (C=N–C) groups is 1. The molecule has 1 aliphatic heterocycles. The molecule has 1 aliphatic rings. The van der Waals surface area contributed by atoms with Crippen LogP contribution in [0.25, 0.3) is 0 Å². The quantitative estimate of drug-likeness (QED) is 0.316. The van der Waals surface area contributed by atoms with Gasteiger partial charge in [0.1, 0.15) is 11.9 Å². The first-order valence-corrected chi connectivity index (χ1v) is 11.8. The SMILES string of the molecule is Cc1cc(OCC(=O)O)ccc1C(=O)CCC1N=C(c2ccc(I)cc2Cl)OC1C(C)C. The monoisotopic (exact) mass is 569 g/mol. The van der Waals surface area contributed by atoms with E-state index in [0.29, 0.717) is 35.1 Å². The number of carboxylic acid groups (broad SMARTS) is 1. The van der Waals surface area contributed by atoms with Gasteiger partial charge < -0.3 is 14.6 Å². The molecular weight excluding hydrogens is 545 g/mol. The Morgan fingerprint density at radius 3 is 2.62 bits per heavy atom. The molecule has 170 valence electrons. The molecule has 0 radical (unpaired) electrons. The molecule has 0 fully saturated rings. The molecule has 6 nitrogen and oxygen atoms in total. The Hall–Kier alpha value is -2.13. The van der Waals surface area contributed by atoms with Crippen LogP contribution in [0, 0.1) is 16.4 Å². The Morgan fingerprint density at radius 1 is 1.25 bits per heavy atom. The number of aryl methyl sites for hydroxylation is 1. The lowest BCUT2D eigenvalue weighted by Gasteiger charge is -2.21. The number of carbonyl (C=O) groups excluding carboxylic acids is 1. The number of nitrogens with zero attached hydrogens (tertiary/aromatic N) is 1. The van der Waals surface area contributed by atoms with Crippen molar-refractivity contribution in [2.24, 2.45) is 10.9 Å². The van der Waals surface area contributed by atoms with E-state index in [1.54, 1.807) is 18.2 Å². The maximum Gasteiger partial charge on any atom is 0.341 e. The van der Waals surface area contributed by atoms with E-state index in [0.717, 1.165) is 14.7 Å². The molecule has 0 aromatic heterocycles. The third kappa shape index (κ3) is 6.01. The van der Waals surface area contributed by atoms with E-state index in [1.165, 1.54) is 0 Å². The normalized spacial score (nSPS) is 17.8. The number of carbonyl (C=O) groups is 2. The number of hydrogen-bond donors (Lipinski definition) is 1. The highest BCUT2D eigenvalue weighted by Crippen LogP contribution is 2.30. The smallest absolute Gasteiger partial charge is 0.341 e. The molecule has 3 rings (SSSR count). The number of ketones is 1. The second-order valence-corrected chi connectivity index (χ2v) is 9.73. The number of ether oxygens (including phenoxy) is 2. The molecule has 0 amide bonds. The van der Waals surface area contributed by atoms with Crippen LogP contribution < -0.4 is 4.74 Å². The minimum atomic E-state index is -1.05. The van der Waals surface area contributed by atoms with Crippen LogP contribution in [0.2, 0.25) is 5.02 Å². The van der Waals surface area contributed by atoms with Crippen LogP contribution in [0.5, 0.6) is 5.75 Å². The van der Waals surface area contributed by atoms with E-state index < -0.39 is 12.6 Å². The van der Waals surface area contributed by atoms with Gasteiger partial charge in [-0.05, 0) is 83.8 Å². The minimum absolute atomic E-state index is 0.00531. The predicted octanol–water partition coefficient (Wildman–Crippen LogP) is 5.55. The van der Waals surface area contributed by atoms with Gasteiger partial charge in [-0.15, -0.1) is 0 Å². The van der Waals surface area contributed by atoms with Gasteiger partial charge in [0, 0.05) is 15.6 Å². The number of Topliss-reactive ketones (excluding diaryl/α,β-unsaturated/α-hetero) is 1. The highest BCUT2D eigenvalue weighted by Gasteiger charge is 2.34. The van der Waals surface area contributed by atoms with Crippen molar-refractivity contribution in [1.29, 1.82) is 0 Å². The molecule has 2 aromatic carbocycles. The van der Waals surface area contributed by atoms with Gasteiger partial charge in [0.15, 0.2) is 12.4 Å². The first kappa shape index (κ1) is 24.5. The van der Waals surface area contributed by atoms with Crippen molar-refractivity contribution in [2.75, 3.05) is 6.61 Å². The van der Waals surface area contributed by atoms with Gasteiger partial charge in [0.25, 0.3) is 0 Å². The van der Waals surface area contributed by atoms with Gasteiger partial charge in [-0.1, -0.05) is 25.4 Å². The molecule has 1 N–H and O–H groups in total. The first-order chi connectivity index (χ1) is 15.2. The number of halogens is 2. The molecule has 0 aliphatic carbocycles. The summed E-state index contributed by atoms with van der Waals surface area (Å²) in [5.74, 6) is 0.137. The maximum absolute atomic E-state index is 12.9. The van der Waals surface area contributed by atoms with Crippen LogP contribution in [-0.2, 0) is 9.53 Å². The van der Waals surface area contributed by atoms with Crippen LogP contribution >= 0.6 is 34.2 Å². The lowest BCUT2D eigenvalue weighted by molar-refractivity contribution is -0.139. The summed E-state index contributed by atoms with van der Waals surface area (Å²) < 4.78 is 12.4. The lowest BCUT2D eigenvalue weighted by Crippen LogP contribution is -2.28. The van der Waals surface area contributed by atoms with Crippen LogP contribution in [0.15, 0.2) is 41.4 Å². The van der Waals surface area contributed by atoms with E-state index >= 15 is 0 Å². The second-order valence-electron chi connectivity index (χ2n) is 8.07. The van der Waals surface area contributed by atoms with Crippen molar-refractivity contribution in [2.45, 2.75) is 45.8 Å². The summed E-state index contributed by atoms with van der Waals surface area (Å²) in [5.41, 5.74) is 2.10. The van der Waals surface area contributed by atoms with E-state index in [9.17, 15) is 9.59 Å². The molecule has 2 aromatic rings. The maximum atomic E-state index is 12.9. The van der Waals surface area contributed by atoms with E-state index in [2.05, 4.69) is 36.4 Å². The highest BCUT2D eigenvalue weighted by molar-refractivity contribution is 14.1. The largest absolute Gasteiger partial charge is 0.482 e. The van der Waals surface area contributed by atoms with Gasteiger partial charge >= 0.3 is 5.97 Å². The van der Waals surface area contributed by atoms with Gasteiger partial charge in [-0.2, -0.15) is 0 Å². The minimum Gasteiger partial charge on any atom is -0.482 e. The fourth-order valence-electron chi connectivity index (χ4n) is 3.66. The summed E-state index contributed by atoms with van der Waals surface area (Å²) >= 11 is 8.60. The zero-order valence-corrected chi connectivity index (χ0v) is 21.0. The zero-order valence-electron chi connectivity index (χ0n) is 18.1. The summed E-state index contributed by atoms with van der Waals surface area (Å²) in [6.07, 6.45) is 0.759. The van der Waals surface area contributed by atoms with Crippen molar-refractivity contribution in [3.63, 3.8) is 0 Å². The Morgan fingerprint density at radius 2 is 2.00 bits per heavy atom. The van der Waals surface area contributed by atoms with Crippen molar-refractivity contribution in [3.05, 3.63) is 61.7 Å². The van der Waals surface area contributed by atoms with Crippen molar-refractivity contribution >= 4 is 51.8 Å². The molecule has 0 saturated carbocycles. The number of rotatable bonds is 9. The summed E-state index contributed by atoms with van der Waals surface area (Å²) in [5, 5.41) is 9.33. The third-order valence-corrected chi connectivity index (χ3v) is 6.24. The summed E-state index contributed by atoms with van der Waals surface area (Å²) in [7, 11) is 0. The molecule has 32 heavy (non-hydrogen) atoms. The average molecular weight is 570 g/mol. The lowest BCUT2D eigenvalue weighted by atomic mass is 9.94. The Labute approximate surface area is 206 Å². The standard InChI is InChI=1S/C24H25ClINO5/c1-13(2)23-20(27-24(32-23)18-6-4-15(26)11-19(18)25)8-9-21(28)17-7-5-16(10-14(17)3)31-12-22(29)30/h4-7,10-11,13,20,23H,8-9,12H2,1-3H3,(H,29,30). The van der Waals surface area contributed by atoms with Gasteiger partial charge in [-0.25, -0.2) is 9.79 Å². The van der Waals surface area contributed by atoms with Crippen LogP contribution in [0.3, 0.4) is 0 Å². The fourth-order valence-corrected chi connectivity index (χ4v) is 4.60. The van der Waals surface area contributed by atoms with E-state index in [1.807, 2.05) is 25.1 Å². The topological polar surface area (TPSA) is 85.2 Å². The molecule has 1 heterocycles. The zero-order chi connectivity index (χ0) is 23.4. The van der Waals surface area contributed by atoms with E-state index in [-0.39, 0.29) is 23.8 Å². The van der Waals surface area contributed by atoms with Crippen molar-refractivity contribution in [3.8, 4) is 5.75 Å². The molecule has 2 atom stereocenters. The highest BCUT2D eigenvalue weighted by atomic mass is 127. The molecule has 8 heteroatoms. The number of aliphatic carboxylic acids is 1. The van der Waals surface area contributed by atoms with Gasteiger partial charge in [0.2, 0.25) is 5.90 Å². The predicted molar refractivity (Wildman–Crippen MR) is 132 cm³/mol. The van der Waals surface area contributed by atoms with Crippen molar-refractivity contribution in [1.82, 2.24) is 0 Å². The summed E-state index contributed by atoms with van der Waals surface area (Å²) in [6, 6.07) is 10.6. The number of carboxylic acids is 1. The van der Waals surface area contributed by atoms with Crippen molar-refractivity contribution < 1.29 is 24.2 Å². The molecule has 0 bridgehead atoms. The van der Waals surface area contributed by atoms with E-state index in [4.69, 9.17) is 31.2 Å². The second kappa shape index (κ2) is 10.7. The number of hydrogen-bond acceptors (Lipinski definition) is 5. The third-order valence-electron chi connectivity index (χ3n) is 5.26. The first-order valence-electron chi connectivity index (χ1n) is 10.3. The summed E-state index contributed by atoms with van der Waals surface area (Å²) in [4.78, 5) is 28.3. The van der Waals surface area contributed by atoms with Crippen LogP contribution in [0.4, 0.5) is 0 Å². The Kier molecular flexibility index (Phi) is 8.16. The van der Waals surface area contributed by atoms with Crippen LogP contribution in [-0.4, -0.2) is 41.5 Å². The number of benzene rings is 2. The summed E-state index contributed by atoms with van der Waals surface area (Å²) in [6.45, 7) is 5.54. The molecule has 0 saturated heterocycles.